The summed E-state index contributed by atoms with van der Waals surface area (Å²) in [6.07, 6.45) is 2.21. The topological polar surface area (TPSA) is 83.3 Å². The summed E-state index contributed by atoms with van der Waals surface area (Å²) in [6.45, 7) is 4.83. The minimum absolute atomic E-state index is 0.0818. The second-order valence-corrected chi connectivity index (χ2v) is 5.44. The Morgan fingerprint density at radius 1 is 1.58 bits per heavy atom. The second-order valence-electron chi connectivity index (χ2n) is 5.44. The molecular formula is C12H19N5O2. The normalized spacial score (nSPS) is 25.4. The summed E-state index contributed by atoms with van der Waals surface area (Å²) in [5.74, 6) is 0.0940. The highest BCUT2D eigenvalue weighted by atomic mass is 16.3. The zero-order chi connectivity index (χ0) is 13.4. The number of carbonyl (C=O) groups excluding carboxylic acids is 1. The fourth-order valence-electron chi connectivity index (χ4n) is 2.54. The highest BCUT2D eigenvalue weighted by Crippen LogP contribution is 2.21. The molecule has 2 aliphatic heterocycles. The van der Waals surface area contributed by atoms with Crippen LogP contribution >= 0.6 is 0 Å². The fourth-order valence-corrected chi connectivity index (χ4v) is 2.54. The number of aromatic nitrogens is 3. The minimum atomic E-state index is -0.366. The van der Waals surface area contributed by atoms with E-state index >= 15 is 0 Å². The molecule has 19 heavy (non-hydrogen) atoms. The fraction of sp³-hybridized carbons (Fsp3) is 0.750. The van der Waals surface area contributed by atoms with Crippen LogP contribution in [0.25, 0.3) is 0 Å². The van der Waals surface area contributed by atoms with Crippen LogP contribution in [0.1, 0.15) is 29.9 Å². The molecule has 0 aromatic carbocycles. The molecule has 3 heterocycles. The molecule has 1 aromatic heterocycles. The van der Waals surface area contributed by atoms with Crippen LogP contribution in [-0.4, -0.2) is 63.2 Å². The molecule has 0 bridgehead atoms. The van der Waals surface area contributed by atoms with Gasteiger partial charge in [-0.3, -0.25) is 4.79 Å². The summed E-state index contributed by atoms with van der Waals surface area (Å²) < 4.78 is 1.76. The Morgan fingerprint density at radius 3 is 2.95 bits per heavy atom. The number of nitrogens with zero attached hydrogens (tertiary/aromatic N) is 4. The van der Waals surface area contributed by atoms with Gasteiger partial charge in [-0.1, -0.05) is 5.21 Å². The molecule has 2 atom stereocenters. The quantitative estimate of drug-likeness (QED) is 0.752. The van der Waals surface area contributed by atoms with Crippen molar-refractivity contribution in [2.24, 2.45) is 5.92 Å². The average Bonchev–Trinajstić information content (AvgIpc) is 2.94. The van der Waals surface area contributed by atoms with Gasteiger partial charge in [-0.2, -0.15) is 0 Å². The third-order valence-corrected chi connectivity index (χ3v) is 4.06. The molecule has 7 nitrogen and oxygen atoms in total. The summed E-state index contributed by atoms with van der Waals surface area (Å²) in [6, 6.07) is 0.317. The number of aliphatic hydroxyl groups is 1. The van der Waals surface area contributed by atoms with Gasteiger partial charge in [-0.25, -0.2) is 4.68 Å². The van der Waals surface area contributed by atoms with Crippen molar-refractivity contribution in [3.8, 4) is 0 Å². The van der Waals surface area contributed by atoms with E-state index in [1.165, 1.54) is 0 Å². The van der Waals surface area contributed by atoms with E-state index in [2.05, 4.69) is 15.6 Å². The first-order valence-corrected chi connectivity index (χ1v) is 6.75. The maximum atomic E-state index is 12.3. The number of nitrogens with one attached hydrogen (secondary N) is 1. The van der Waals surface area contributed by atoms with E-state index in [1.807, 2.05) is 0 Å². The minimum Gasteiger partial charge on any atom is -0.393 e. The molecule has 0 radical (unpaired) electrons. The molecule has 2 unspecified atom stereocenters. The first-order valence-electron chi connectivity index (χ1n) is 6.75. The number of hydrogen-bond donors (Lipinski definition) is 2. The Balaban J connectivity index is 1.65. The molecule has 1 amide bonds. The first kappa shape index (κ1) is 12.6. The summed E-state index contributed by atoms with van der Waals surface area (Å²) in [7, 11) is 0. The van der Waals surface area contributed by atoms with Gasteiger partial charge in [0.1, 0.15) is 0 Å². The van der Waals surface area contributed by atoms with Crippen LogP contribution in [-0.2, 0) is 0 Å². The monoisotopic (exact) mass is 265 g/mol. The summed E-state index contributed by atoms with van der Waals surface area (Å²) in [5, 5.41) is 20.7. The zero-order valence-electron chi connectivity index (χ0n) is 11.0. The van der Waals surface area contributed by atoms with Crippen molar-refractivity contribution in [1.82, 2.24) is 25.2 Å². The number of likely N-dealkylation sites (tertiary alicyclic amines) is 1. The van der Waals surface area contributed by atoms with Crippen LogP contribution in [0, 0.1) is 5.92 Å². The highest BCUT2D eigenvalue weighted by Gasteiger charge is 2.31. The molecule has 2 fully saturated rings. The third kappa shape index (κ3) is 2.35. The molecule has 2 aliphatic rings. The molecule has 104 valence electrons. The van der Waals surface area contributed by atoms with Crippen molar-refractivity contribution >= 4 is 5.91 Å². The second kappa shape index (κ2) is 4.90. The molecular weight excluding hydrogens is 246 g/mol. The third-order valence-electron chi connectivity index (χ3n) is 4.06. The number of hydrogen-bond acceptors (Lipinski definition) is 5. The lowest BCUT2D eigenvalue weighted by Crippen LogP contribution is -2.43. The molecule has 7 heteroatoms. The Morgan fingerprint density at radius 2 is 2.37 bits per heavy atom. The van der Waals surface area contributed by atoms with Crippen LogP contribution in [0.2, 0.25) is 0 Å². The summed E-state index contributed by atoms with van der Waals surface area (Å²) in [5.41, 5.74) is 0.401. The van der Waals surface area contributed by atoms with E-state index in [9.17, 15) is 9.90 Å². The van der Waals surface area contributed by atoms with Gasteiger partial charge < -0.3 is 15.3 Å². The highest BCUT2D eigenvalue weighted by molar-refractivity contribution is 5.92. The first-order chi connectivity index (χ1) is 9.15. The Kier molecular flexibility index (Phi) is 3.24. The number of amides is 1. The average molecular weight is 265 g/mol. The van der Waals surface area contributed by atoms with Gasteiger partial charge in [0.05, 0.1) is 18.3 Å². The number of carbonyl (C=O) groups is 1. The SMILES string of the molecule is CC(O)C1CCN(C(=O)c2cn(C3CNC3)nn2)C1. The maximum Gasteiger partial charge on any atom is 0.276 e. The number of aliphatic hydroxyl groups excluding tert-OH is 1. The van der Waals surface area contributed by atoms with E-state index in [1.54, 1.807) is 22.7 Å². The molecule has 2 N–H and O–H groups in total. The lowest BCUT2D eigenvalue weighted by atomic mass is 10.0. The van der Waals surface area contributed by atoms with Gasteiger partial charge in [0, 0.05) is 32.1 Å². The van der Waals surface area contributed by atoms with Gasteiger partial charge in [-0.05, 0) is 13.3 Å². The van der Waals surface area contributed by atoms with Crippen molar-refractivity contribution in [2.45, 2.75) is 25.5 Å². The lowest BCUT2D eigenvalue weighted by molar-refractivity contribution is 0.0756. The Labute approximate surface area is 111 Å². The van der Waals surface area contributed by atoms with Crippen molar-refractivity contribution in [2.75, 3.05) is 26.2 Å². The van der Waals surface area contributed by atoms with E-state index in [4.69, 9.17) is 0 Å². The number of rotatable bonds is 3. The summed E-state index contributed by atoms with van der Waals surface area (Å²) >= 11 is 0. The predicted molar refractivity (Wildman–Crippen MR) is 67.6 cm³/mol. The van der Waals surface area contributed by atoms with Gasteiger partial charge in [0.2, 0.25) is 0 Å². The lowest BCUT2D eigenvalue weighted by Gasteiger charge is -2.26. The molecule has 0 aliphatic carbocycles. The van der Waals surface area contributed by atoms with Gasteiger partial charge in [0.25, 0.3) is 5.91 Å². The van der Waals surface area contributed by atoms with Crippen LogP contribution < -0.4 is 5.32 Å². The van der Waals surface area contributed by atoms with Crippen molar-refractivity contribution < 1.29 is 9.90 Å². The molecule has 0 spiro atoms. The van der Waals surface area contributed by atoms with Crippen molar-refractivity contribution in [3.05, 3.63) is 11.9 Å². The van der Waals surface area contributed by atoms with E-state index in [0.717, 1.165) is 19.5 Å². The van der Waals surface area contributed by atoms with Crippen molar-refractivity contribution in [3.63, 3.8) is 0 Å². The van der Waals surface area contributed by atoms with Crippen molar-refractivity contribution in [1.29, 1.82) is 0 Å². The molecule has 1 aromatic rings. The largest absolute Gasteiger partial charge is 0.393 e. The zero-order valence-corrected chi connectivity index (χ0v) is 11.0. The van der Waals surface area contributed by atoms with Gasteiger partial charge in [-0.15, -0.1) is 5.10 Å². The maximum absolute atomic E-state index is 12.3. The van der Waals surface area contributed by atoms with E-state index in [-0.39, 0.29) is 17.9 Å². The van der Waals surface area contributed by atoms with Crippen LogP contribution in [0.15, 0.2) is 6.20 Å². The predicted octanol–water partition coefficient (Wildman–Crippen LogP) is -0.735. The van der Waals surface area contributed by atoms with Gasteiger partial charge in [0.15, 0.2) is 5.69 Å². The Hall–Kier alpha value is -1.47. The molecule has 0 saturated carbocycles. The standard InChI is InChI=1S/C12H19N5O2/c1-8(18)9-2-3-16(6-9)12(19)11-7-17(15-14-11)10-4-13-5-10/h7-10,13,18H,2-6H2,1H3. The smallest absolute Gasteiger partial charge is 0.276 e. The van der Waals surface area contributed by atoms with E-state index in [0.29, 0.717) is 24.8 Å². The van der Waals surface area contributed by atoms with E-state index < -0.39 is 0 Å². The Bertz CT molecular complexity index is 468. The molecule has 3 rings (SSSR count). The van der Waals surface area contributed by atoms with Gasteiger partial charge >= 0.3 is 0 Å². The van der Waals surface area contributed by atoms with Crippen LogP contribution in [0.4, 0.5) is 0 Å². The molecule has 2 saturated heterocycles. The van der Waals surface area contributed by atoms with Crippen LogP contribution in [0.3, 0.4) is 0 Å². The van der Waals surface area contributed by atoms with Crippen LogP contribution in [0.5, 0.6) is 0 Å². The summed E-state index contributed by atoms with van der Waals surface area (Å²) in [4.78, 5) is 14.0.